The molecule has 3 aromatic rings. The van der Waals surface area contributed by atoms with E-state index in [1.54, 1.807) is 6.26 Å². The van der Waals surface area contributed by atoms with E-state index in [9.17, 15) is 0 Å². The number of nitrogens with one attached hydrogen (secondary N) is 2. The van der Waals surface area contributed by atoms with Crippen molar-refractivity contribution in [2.24, 2.45) is 0 Å². The van der Waals surface area contributed by atoms with Gasteiger partial charge in [-0.3, -0.25) is 5.41 Å². The Kier molecular flexibility index (Phi) is 8.26. The maximum absolute atomic E-state index is 8.59. The molecule has 0 aliphatic carbocycles. The van der Waals surface area contributed by atoms with Crippen molar-refractivity contribution < 1.29 is 9.57 Å². The molecule has 3 aromatic carbocycles. The third kappa shape index (κ3) is 6.81. The molecule has 2 N–H and O–H groups in total. The van der Waals surface area contributed by atoms with Gasteiger partial charge in [0.1, 0.15) is 12.0 Å². The number of benzene rings is 3. The molecule has 0 fully saturated rings. The number of aryl methyl sites for hydroxylation is 2. The van der Waals surface area contributed by atoms with Crippen LogP contribution < -0.4 is 10.2 Å². The number of rotatable bonds is 8. The van der Waals surface area contributed by atoms with Gasteiger partial charge in [-0.1, -0.05) is 41.6 Å². The van der Waals surface area contributed by atoms with Crippen molar-refractivity contribution in [3.8, 4) is 5.75 Å². The third-order valence-corrected chi connectivity index (χ3v) is 5.92. The fourth-order valence-corrected chi connectivity index (χ4v) is 3.80. The Labute approximate surface area is 199 Å². The number of halogens is 1. The predicted molar refractivity (Wildman–Crippen MR) is 137 cm³/mol. The minimum atomic E-state index is 0.107. The lowest BCUT2D eigenvalue weighted by Crippen LogP contribution is -2.05. The van der Waals surface area contributed by atoms with Crippen molar-refractivity contribution in [3.05, 3.63) is 100 Å². The highest BCUT2D eigenvalue weighted by Gasteiger charge is 2.11. The quantitative estimate of drug-likeness (QED) is 0.153. The maximum atomic E-state index is 8.59. The molecule has 0 saturated heterocycles. The van der Waals surface area contributed by atoms with Gasteiger partial charge >= 0.3 is 0 Å². The van der Waals surface area contributed by atoms with Crippen LogP contribution >= 0.6 is 23.4 Å². The summed E-state index contributed by atoms with van der Waals surface area (Å²) < 4.78 is 5.69. The first kappa shape index (κ1) is 23.8. The summed E-state index contributed by atoms with van der Waals surface area (Å²) in [7, 11) is 0. The molecular weight excluding hydrogens is 440 g/mol. The predicted octanol–water partition coefficient (Wildman–Crippen LogP) is 7.84. The molecule has 3 rings (SSSR count). The van der Waals surface area contributed by atoms with Gasteiger partial charge in [-0.05, 0) is 92.9 Å². The first-order chi connectivity index (χ1) is 15.3. The van der Waals surface area contributed by atoms with Gasteiger partial charge in [0.25, 0.3) is 0 Å². The summed E-state index contributed by atoms with van der Waals surface area (Å²) >= 11 is 7.37. The number of ether oxygens (including phenoxy) is 1. The van der Waals surface area contributed by atoms with Crippen molar-refractivity contribution in [2.75, 3.05) is 5.48 Å². The van der Waals surface area contributed by atoms with Crippen LogP contribution in [0, 0.1) is 19.3 Å². The zero-order valence-corrected chi connectivity index (χ0v) is 20.2. The standard InChI is InChI=1S/C26H27ClN2O2S/c1-17(2)31-24-13-8-21(9-14-24)26(28)32-25(20-6-10-22(27)11-7-20)16-30-29-23-12-5-18(3)19(4)15-23/h5-17,28-29H,1-4H3/b25-16+,28-26?. The summed E-state index contributed by atoms with van der Waals surface area (Å²) in [5.41, 5.74) is 7.93. The monoisotopic (exact) mass is 466 g/mol. The van der Waals surface area contributed by atoms with E-state index in [2.05, 4.69) is 19.3 Å². The molecule has 0 saturated carbocycles. The number of hydrogen-bond donors (Lipinski definition) is 2. The normalized spacial score (nSPS) is 11.4. The Morgan fingerprint density at radius 2 is 1.59 bits per heavy atom. The van der Waals surface area contributed by atoms with Gasteiger partial charge in [0, 0.05) is 10.6 Å². The molecule has 0 unspecified atom stereocenters. The lowest BCUT2D eigenvalue weighted by atomic mass is 10.1. The smallest absolute Gasteiger partial charge is 0.133 e. The highest BCUT2D eigenvalue weighted by molar-refractivity contribution is 8.22. The lowest BCUT2D eigenvalue weighted by molar-refractivity contribution is 0.242. The molecule has 32 heavy (non-hydrogen) atoms. The highest BCUT2D eigenvalue weighted by atomic mass is 35.5. The Hall–Kier alpha value is -2.89. The summed E-state index contributed by atoms with van der Waals surface area (Å²) in [4.78, 5) is 6.46. The van der Waals surface area contributed by atoms with Crippen molar-refractivity contribution in [2.45, 2.75) is 33.8 Å². The third-order valence-electron chi connectivity index (χ3n) is 4.68. The van der Waals surface area contributed by atoms with Gasteiger partial charge in [-0.2, -0.15) is 0 Å². The van der Waals surface area contributed by atoms with Crippen molar-refractivity contribution in [1.29, 1.82) is 5.41 Å². The Balaban J connectivity index is 1.76. The van der Waals surface area contributed by atoms with Crippen LogP contribution in [0.4, 0.5) is 5.69 Å². The molecule has 0 aromatic heterocycles. The Bertz CT molecular complexity index is 1090. The summed E-state index contributed by atoms with van der Waals surface area (Å²) in [6.45, 7) is 8.11. The van der Waals surface area contributed by atoms with Crippen molar-refractivity contribution in [3.63, 3.8) is 0 Å². The average molecular weight is 467 g/mol. The van der Waals surface area contributed by atoms with Crippen LogP contribution in [0.3, 0.4) is 0 Å². The molecule has 0 heterocycles. The number of anilines is 1. The van der Waals surface area contributed by atoms with Gasteiger partial charge in [0.2, 0.25) is 0 Å². The number of hydrogen-bond acceptors (Lipinski definition) is 5. The lowest BCUT2D eigenvalue weighted by Gasteiger charge is -2.12. The van der Waals surface area contributed by atoms with Gasteiger partial charge in [0.15, 0.2) is 0 Å². The maximum Gasteiger partial charge on any atom is 0.133 e. The fourth-order valence-electron chi connectivity index (χ4n) is 2.85. The molecule has 0 aliphatic rings. The van der Waals surface area contributed by atoms with Gasteiger partial charge in [0.05, 0.1) is 21.7 Å². The van der Waals surface area contributed by atoms with E-state index in [0.29, 0.717) is 10.1 Å². The van der Waals surface area contributed by atoms with Crippen LogP contribution in [0.25, 0.3) is 4.91 Å². The summed E-state index contributed by atoms with van der Waals surface area (Å²) in [6, 6.07) is 21.1. The van der Waals surface area contributed by atoms with Crippen LogP contribution in [0.5, 0.6) is 5.75 Å². The molecule has 0 atom stereocenters. The largest absolute Gasteiger partial charge is 0.491 e. The molecule has 166 valence electrons. The molecule has 0 amide bonds. The van der Waals surface area contributed by atoms with Crippen molar-refractivity contribution in [1.82, 2.24) is 0 Å². The summed E-state index contributed by atoms with van der Waals surface area (Å²) in [6.07, 6.45) is 1.73. The van der Waals surface area contributed by atoms with E-state index < -0.39 is 0 Å². The van der Waals surface area contributed by atoms with Crippen LogP contribution in [0.2, 0.25) is 5.02 Å². The van der Waals surface area contributed by atoms with Gasteiger partial charge in [-0.25, -0.2) is 5.48 Å². The Morgan fingerprint density at radius 3 is 2.22 bits per heavy atom. The molecule has 4 nitrogen and oxygen atoms in total. The fraction of sp³-hybridized carbons (Fsp3) is 0.192. The van der Waals surface area contributed by atoms with E-state index in [4.69, 9.17) is 26.6 Å². The van der Waals surface area contributed by atoms with E-state index in [-0.39, 0.29) is 6.10 Å². The van der Waals surface area contributed by atoms with Crippen LogP contribution in [0.1, 0.15) is 36.1 Å². The van der Waals surface area contributed by atoms with E-state index in [1.807, 2.05) is 80.6 Å². The molecule has 0 bridgehead atoms. The van der Waals surface area contributed by atoms with Gasteiger partial charge < -0.3 is 9.57 Å². The second-order valence-corrected chi connectivity index (χ2v) is 9.12. The van der Waals surface area contributed by atoms with Gasteiger partial charge in [-0.15, -0.1) is 0 Å². The molecule has 0 aliphatic heterocycles. The minimum absolute atomic E-state index is 0.107. The Morgan fingerprint density at radius 1 is 0.938 bits per heavy atom. The van der Waals surface area contributed by atoms with E-state index in [0.717, 1.165) is 27.5 Å². The van der Waals surface area contributed by atoms with Crippen molar-refractivity contribution >= 4 is 39.0 Å². The highest BCUT2D eigenvalue weighted by Crippen LogP contribution is 2.32. The van der Waals surface area contributed by atoms with E-state index >= 15 is 0 Å². The van der Waals surface area contributed by atoms with Crippen LogP contribution in [-0.4, -0.2) is 11.1 Å². The second kappa shape index (κ2) is 11.1. The molecule has 6 heteroatoms. The topological polar surface area (TPSA) is 54.3 Å². The van der Waals surface area contributed by atoms with E-state index in [1.165, 1.54) is 22.9 Å². The SMILES string of the molecule is Cc1ccc(NO/C=C(/SC(=N)c2ccc(OC(C)C)cc2)c2ccc(Cl)cc2)cc1C. The molecular formula is C26H27ClN2O2S. The summed E-state index contributed by atoms with van der Waals surface area (Å²) in [5.74, 6) is 0.788. The second-order valence-electron chi connectivity index (χ2n) is 7.63. The number of thioether (sulfide) groups is 1. The zero-order chi connectivity index (χ0) is 23.1. The first-order valence-electron chi connectivity index (χ1n) is 10.3. The minimum Gasteiger partial charge on any atom is -0.491 e. The van der Waals surface area contributed by atoms with Crippen LogP contribution in [0.15, 0.2) is 73.0 Å². The molecule has 0 spiro atoms. The first-order valence-corrected chi connectivity index (χ1v) is 11.5. The summed E-state index contributed by atoms with van der Waals surface area (Å²) in [5, 5.41) is 9.65. The zero-order valence-electron chi connectivity index (χ0n) is 18.6. The van der Waals surface area contributed by atoms with Crippen LogP contribution in [-0.2, 0) is 4.84 Å². The average Bonchev–Trinajstić information content (AvgIpc) is 2.76. The molecule has 0 radical (unpaired) electrons.